The van der Waals surface area contributed by atoms with Gasteiger partial charge in [-0.3, -0.25) is 9.20 Å². The van der Waals surface area contributed by atoms with Crippen molar-refractivity contribution in [3.8, 4) is 11.3 Å². The number of halogens is 1. The number of imidazole rings is 1. The van der Waals surface area contributed by atoms with Crippen LogP contribution in [0.1, 0.15) is 28.0 Å². The van der Waals surface area contributed by atoms with E-state index in [1.165, 1.54) is 12.1 Å². The number of carbonyl (C=O) groups excluding carboxylic acids is 1. The van der Waals surface area contributed by atoms with Crippen molar-refractivity contribution in [3.05, 3.63) is 71.4 Å². The molecule has 4 heterocycles. The number of Topliss-reactive ketones (excluding diaryl/α,β-unsaturated/α-hetero) is 1. The van der Waals surface area contributed by atoms with Crippen molar-refractivity contribution in [3.63, 3.8) is 0 Å². The Labute approximate surface area is 225 Å². The van der Waals surface area contributed by atoms with Gasteiger partial charge in [0.05, 0.1) is 48.3 Å². The number of ether oxygens (including phenoxy) is 1. The number of ketones is 1. The predicted molar refractivity (Wildman–Crippen MR) is 147 cm³/mol. The molecule has 6 rings (SSSR count). The quantitative estimate of drug-likeness (QED) is 0.390. The highest BCUT2D eigenvalue weighted by atomic mass is 19.1. The van der Waals surface area contributed by atoms with Crippen LogP contribution in [0.15, 0.2) is 48.8 Å². The molecule has 0 spiro atoms. The van der Waals surface area contributed by atoms with Gasteiger partial charge in [0.2, 0.25) is 0 Å². The molecule has 2 aliphatic rings. The molecule has 0 amide bonds. The monoisotopic (exact) mass is 530 g/mol. The zero-order valence-corrected chi connectivity index (χ0v) is 22.0. The molecular weight excluding hydrogens is 499 g/mol. The fourth-order valence-corrected chi connectivity index (χ4v) is 5.51. The van der Waals surface area contributed by atoms with E-state index in [1.807, 2.05) is 42.8 Å². The summed E-state index contributed by atoms with van der Waals surface area (Å²) in [6.07, 6.45) is 3.89. The lowest BCUT2D eigenvalue weighted by Crippen LogP contribution is -2.34. The van der Waals surface area contributed by atoms with Gasteiger partial charge in [-0.15, -0.1) is 0 Å². The van der Waals surface area contributed by atoms with Crippen LogP contribution >= 0.6 is 0 Å². The Kier molecular flexibility index (Phi) is 6.76. The first-order valence-corrected chi connectivity index (χ1v) is 13.1. The number of hydrogen-bond donors (Lipinski definition) is 2. The Morgan fingerprint density at radius 1 is 1.21 bits per heavy atom. The first-order valence-electron chi connectivity index (χ1n) is 13.1. The van der Waals surface area contributed by atoms with Gasteiger partial charge in [0.25, 0.3) is 0 Å². The fraction of sp³-hybridized carbons (Fsp3) is 0.345. The van der Waals surface area contributed by atoms with Crippen molar-refractivity contribution in [1.82, 2.24) is 19.3 Å². The second kappa shape index (κ2) is 10.4. The molecule has 1 atom stereocenters. The molecular formula is C29H31FN6O3. The number of aliphatic hydroxyl groups is 1. The summed E-state index contributed by atoms with van der Waals surface area (Å²) in [7, 11) is 3.98. The summed E-state index contributed by atoms with van der Waals surface area (Å²) in [5.41, 5.74) is 6.42. The van der Waals surface area contributed by atoms with Gasteiger partial charge < -0.3 is 25.0 Å². The van der Waals surface area contributed by atoms with Gasteiger partial charge in [0.15, 0.2) is 5.78 Å². The Bertz CT molecular complexity index is 1550. The molecule has 1 fully saturated rings. The number of aliphatic hydroxyl groups excluding tert-OH is 1. The highest BCUT2D eigenvalue weighted by molar-refractivity contribution is 6.07. The van der Waals surface area contributed by atoms with E-state index in [-0.39, 0.29) is 11.6 Å². The van der Waals surface area contributed by atoms with Crippen LogP contribution < -0.4 is 10.2 Å². The number of anilines is 3. The molecule has 2 N–H and O–H groups in total. The van der Waals surface area contributed by atoms with Crippen molar-refractivity contribution >= 4 is 28.6 Å². The van der Waals surface area contributed by atoms with Crippen LogP contribution in [0.4, 0.5) is 21.6 Å². The number of pyridine rings is 2. The summed E-state index contributed by atoms with van der Waals surface area (Å²) in [6.45, 7) is 2.64. The summed E-state index contributed by atoms with van der Waals surface area (Å²) in [5.74, 6) is 0.382. The molecule has 10 heteroatoms. The van der Waals surface area contributed by atoms with E-state index in [4.69, 9.17) is 9.72 Å². The number of benzene rings is 1. The van der Waals surface area contributed by atoms with E-state index >= 15 is 0 Å². The van der Waals surface area contributed by atoms with E-state index < -0.39 is 6.10 Å². The van der Waals surface area contributed by atoms with Crippen LogP contribution in [0, 0.1) is 5.82 Å². The van der Waals surface area contributed by atoms with Crippen LogP contribution in [-0.2, 0) is 17.7 Å². The van der Waals surface area contributed by atoms with Gasteiger partial charge in [-0.05, 0) is 50.3 Å². The van der Waals surface area contributed by atoms with Crippen molar-refractivity contribution in [2.45, 2.75) is 25.5 Å². The highest BCUT2D eigenvalue weighted by Gasteiger charge is 2.28. The SMILES string of the molecule is CN(C)Cc1nc(Nc2ccc(-c3cnc4cc(F)ccn34)c3c2C(=O)CC3)ccc1N1CCOC[C@H](O)C1. The van der Waals surface area contributed by atoms with Gasteiger partial charge in [-0.25, -0.2) is 14.4 Å². The van der Waals surface area contributed by atoms with Crippen LogP contribution in [0.2, 0.25) is 0 Å². The topological polar surface area (TPSA) is 95.2 Å². The number of carbonyl (C=O) groups is 1. The maximum atomic E-state index is 13.7. The predicted octanol–water partition coefficient (Wildman–Crippen LogP) is 3.67. The third kappa shape index (κ3) is 4.98. The summed E-state index contributed by atoms with van der Waals surface area (Å²) in [4.78, 5) is 26.5. The molecule has 0 unspecified atom stereocenters. The number of fused-ring (bicyclic) bond motifs is 2. The molecule has 39 heavy (non-hydrogen) atoms. The Morgan fingerprint density at radius 3 is 2.92 bits per heavy atom. The fourth-order valence-electron chi connectivity index (χ4n) is 5.51. The van der Waals surface area contributed by atoms with Crippen molar-refractivity contribution in [1.29, 1.82) is 0 Å². The number of rotatable bonds is 6. The average Bonchev–Trinajstić information content (AvgIpc) is 3.42. The van der Waals surface area contributed by atoms with Crippen LogP contribution in [-0.4, -0.2) is 76.7 Å². The summed E-state index contributed by atoms with van der Waals surface area (Å²) < 4.78 is 21.1. The van der Waals surface area contributed by atoms with Crippen molar-refractivity contribution < 1.29 is 19.0 Å². The first-order chi connectivity index (χ1) is 18.9. The van der Waals surface area contributed by atoms with E-state index in [1.54, 1.807) is 12.4 Å². The lowest BCUT2D eigenvalue weighted by Gasteiger charge is -2.27. The number of nitrogens with one attached hydrogen (secondary N) is 1. The number of hydrogen-bond acceptors (Lipinski definition) is 8. The van der Waals surface area contributed by atoms with Gasteiger partial charge in [0, 0.05) is 49.4 Å². The first kappa shape index (κ1) is 25.4. The smallest absolute Gasteiger partial charge is 0.165 e. The second-order valence-corrected chi connectivity index (χ2v) is 10.4. The molecule has 1 saturated heterocycles. The van der Waals surface area contributed by atoms with Gasteiger partial charge >= 0.3 is 0 Å². The molecule has 0 bridgehead atoms. The van der Waals surface area contributed by atoms with Crippen LogP contribution in [0.5, 0.6) is 0 Å². The minimum atomic E-state index is -0.559. The third-order valence-electron chi connectivity index (χ3n) is 7.21. The summed E-state index contributed by atoms with van der Waals surface area (Å²) in [6, 6.07) is 10.6. The lowest BCUT2D eigenvalue weighted by atomic mass is 9.99. The number of nitrogens with zero attached hydrogens (tertiary/aromatic N) is 5. The largest absolute Gasteiger partial charge is 0.389 e. The molecule has 1 aliphatic heterocycles. The normalized spacial score (nSPS) is 17.6. The molecule has 0 saturated carbocycles. The van der Waals surface area contributed by atoms with Crippen molar-refractivity contribution in [2.24, 2.45) is 0 Å². The third-order valence-corrected chi connectivity index (χ3v) is 7.21. The molecule has 4 aromatic rings. The maximum absolute atomic E-state index is 13.7. The van der Waals surface area contributed by atoms with E-state index in [2.05, 4.69) is 20.1 Å². The minimum absolute atomic E-state index is 0.0814. The maximum Gasteiger partial charge on any atom is 0.165 e. The summed E-state index contributed by atoms with van der Waals surface area (Å²) >= 11 is 0. The van der Waals surface area contributed by atoms with Crippen molar-refractivity contribution in [2.75, 3.05) is 50.6 Å². The van der Waals surface area contributed by atoms with E-state index in [0.717, 1.165) is 28.2 Å². The lowest BCUT2D eigenvalue weighted by molar-refractivity contribution is 0.0597. The Hall–Kier alpha value is -3.86. The molecule has 0 radical (unpaired) electrons. The molecule has 1 aliphatic carbocycles. The average molecular weight is 531 g/mol. The van der Waals surface area contributed by atoms with Gasteiger partial charge in [-0.1, -0.05) is 6.07 Å². The Balaban J connectivity index is 1.36. The van der Waals surface area contributed by atoms with Crippen LogP contribution in [0.25, 0.3) is 16.9 Å². The number of aromatic nitrogens is 3. The zero-order chi connectivity index (χ0) is 27.1. The molecule has 202 valence electrons. The molecule has 1 aromatic carbocycles. The highest BCUT2D eigenvalue weighted by Crippen LogP contribution is 2.38. The standard InChI is InChI=1S/C29H31FN6O3/c1-34(2)16-23-24(35-11-12-39-17-19(37)15-35)6-8-27(33-23)32-22-5-3-20(21-4-7-26(38)29(21)22)25-14-31-28-13-18(30)9-10-36(25)28/h3,5-6,8-10,13-14,19,37H,4,7,11-12,15-17H2,1-2H3,(H,32,33)/t19-/m1/s1. The van der Waals surface area contributed by atoms with Gasteiger partial charge in [-0.2, -0.15) is 0 Å². The Morgan fingerprint density at radius 2 is 2.08 bits per heavy atom. The van der Waals surface area contributed by atoms with Gasteiger partial charge in [0.1, 0.15) is 17.3 Å². The second-order valence-electron chi connectivity index (χ2n) is 10.4. The zero-order valence-electron chi connectivity index (χ0n) is 22.0. The van der Waals surface area contributed by atoms with Crippen LogP contribution in [0.3, 0.4) is 0 Å². The summed E-state index contributed by atoms with van der Waals surface area (Å²) in [5, 5.41) is 13.7. The minimum Gasteiger partial charge on any atom is -0.389 e. The number of β-amino-alcohol motifs (C(OH)–C–C–N with tert-alkyl or cyclic N) is 1. The van der Waals surface area contributed by atoms with E-state index in [9.17, 15) is 14.3 Å². The molecule has 9 nitrogen and oxygen atoms in total. The van der Waals surface area contributed by atoms with E-state index in [0.29, 0.717) is 68.4 Å². The molecule has 3 aromatic heterocycles.